The van der Waals surface area contributed by atoms with Gasteiger partial charge < -0.3 is 10.1 Å². The van der Waals surface area contributed by atoms with Crippen molar-refractivity contribution in [2.24, 2.45) is 0 Å². The number of benzene rings is 3. The van der Waals surface area contributed by atoms with E-state index >= 15 is 0 Å². The zero-order valence-electron chi connectivity index (χ0n) is 13.7. The molecule has 0 unspecified atom stereocenters. The lowest BCUT2D eigenvalue weighted by Crippen LogP contribution is -2.07. The summed E-state index contributed by atoms with van der Waals surface area (Å²) >= 11 is 0. The van der Waals surface area contributed by atoms with Crippen molar-refractivity contribution < 1.29 is 9.53 Å². The van der Waals surface area contributed by atoms with E-state index in [9.17, 15) is 4.79 Å². The first-order valence-corrected chi connectivity index (χ1v) is 7.78. The van der Waals surface area contributed by atoms with Crippen LogP contribution in [0, 0.1) is 0 Å². The molecule has 0 atom stereocenters. The molecule has 0 heterocycles. The van der Waals surface area contributed by atoms with Crippen LogP contribution < -0.4 is 10.1 Å². The van der Waals surface area contributed by atoms with E-state index in [1.807, 2.05) is 36.4 Å². The van der Waals surface area contributed by atoms with Crippen LogP contribution in [0.25, 0.3) is 22.9 Å². The predicted octanol–water partition coefficient (Wildman–Crippen LogP) is 4.98. The van der Waals surface area contributed by atoms with Crippen molar-refractivity contribution in [2.75, 3.05) is 12.4 Å². The van der Waals surface area contributed by atoms with Gasteiger partial charge in [-0.25, -0.2) is 0 Å². The zero-order valence-corrected chi connectivity index (χ0v) is 13.7. The average Bonchev–Trinajstić information content (AvgIpc) is 2.59. The van der Waals surface area contributed by atoms with Crippen LogP contribution in [0.1, 0.15) is 18.1 Å². The van der Waals surface area contributed by atoms with Gasteiger partial charge in [0.05, 0.1) is 12.8 Å². The molecule has 24 heavy (non-hydrogen) atoms. The van der Waals surface area contributed by atoms with Crippen LogP contribution in [0.4, 0.5) is 5.69 Å². The van der Waals surface area contributed by atoms with Gasteiger partial charge in [0.15, 0.2) is 0 Å². The minimum Gasteiger partial charge on any atom is -0.495 e. The molecule has 0 aliphatic rings. The fourth-order valence-electron chi connectivity index (χ4n) is 2.62. The van der Waals surface area contributed by atoms with Gasteiger partial charge >= 0.3 is 0 Å². The van der Waals surface area contributed by atoms with E-state index in [0.717, 1.165) is 11.1 Å². The molecule has 1 amide bonds. The molecule has 0 spiro atoms. The molecule has 0 aliphatic carbocycles. The van der Waals surface area contributed by atoms with Gasteiger partial charge in [-0.05, 0) is 40.1 Å². The topological polar surface area (TPSA) is 38.3 Å². The summed E-state index contributed by atoms with van der Waals surface area (Å²) < 4.78 is 5.27. The summed E-state index contributed by atoms with van der Waals surface area (Å²) in [5, 5.41) is 5.23. The maximum Gasteiger partial charge on any atom is 0.221 e. The molecule has 3 aromatic carbocycles. The standard InChI is InChI=1S/C21H19NO2/c1-15(23)22-20-14-17(10-12-21(20)24-2)8-7-16-9-11-18-5-3-4-6-19(18)13-16/h3-14H,1-2H3,(H,22,23)/b8-7+. The number of rotatable bonds is 4. The number of nitrogens with one attached hydrogen (secondary N) is 1. The number of carbonyl (C=O) groups excluding carboxylic acids is 1. The van der Waals surface area contributed by atoms with Gasteiger partial charge in [-0.2, -0.15) is 0 Å². The Kier molecular flexibility index (Phi) is 4.62. The quantitative estimate of drug-likeness (QED) is 0.689. The molecule has 0 radical (unpaired) electrons. The molecule has 0 aromatic heterocycles. The second-order valence-electron chi connectivity index (χ2n) is 5.58. The molecule has 0 saturated heterocycles. The number of amides is 1. The first kappa shape index (κ1) is 15.8. The number of ether oxygens (including phenoxy) is 1. The normalized spacial score (nSPS) is 10.9. The Labute approximate surface area is 141 Å². The number of anilines is 1. The molecule has 0 fully saturated rings. The van der Waals surface area contributed by atoms with E-state index in [1.54, 1.807) is 7.11 Å². The lowest BCUT2D eigenvalue weighted by Gasteiger charge is -2.09. The summed E-state index contributed by atoms with van der Waals surface area (Å²) in [5.41, 5.74) is 2.80. The average molecular weight is 317 g/mol. The maximum absolute atomic E-state index is 11.3. The van der Waals surface area contributed by atoms with Crippen molar-refractivity contribution in [2.45, 2.75) is 6.92 Å². The first-order valence-electron chi connectivity index (χ1n) is 7.78. The van der Waals surface area contributed by atoms with Crippen molar-refractivity contribution >= 4 is 34.5 Å². The van der Waals surface area contributed by atoms with Gasteiger partial charge in [0.25, 0.3) is 0 Å². The van der Waals surface area contributed by atoms with E-state index in [0.29, 0.717) is 11.4 Å². The molecule has 3 rings (SSSR count). The SMILES string of the molecule is COc1ccc(/C=C/c2ccc3ccccc3c2)cc1NC(C)=O. The number of methoxy groups -OCH3 is 1. The predicted molar refractivity (Wildman–Crippen MR) is 100 cm³/mol. The number of hydrogen-bond donors (Lipinski definition) is 1. The summed E-state index contributed by atoms with van der Waals surface area (Å²) in [7, 11) is 1.59. The number of carbonyl (C=O) groups is 1. The van der Waals surface area contributed by atoms with Crippen LogP contribution in [0.5, 0.6) is 5.75 Å². The third-order valence-electron chi connectivity index (χ3n) is 3.78. The first-order chi connectivity index (χ1) is 11.7. The Morgan fingerprint density at radius 3 is 2.29 bits per heavy atom. The molecule has 3 nitrogen and oxygen atoms in total. The maximum atomic E-state index is 11.3. The van der Waals surface area contributed by atoms with Gasteiger partial charge in [0, 0.05) is 6.92 Å². The monoisotopic (exact) mass is 317 g/mol. The third-order valence-corrected chi connectivity index (χ3v) is 3.78. The second-order valence-corrected chi connectivity index (χ2v) is 5.58. The minimum absolute atomic E-state index is 0.121. The minimum atomic E-state index is -0.121. The van der Waals surface area contributed by atoms with Crippen molar-refractivity contribution in [3.05, 3.63) is 71.8 Å². The molecular formula is C21H19NO2. The summed E-state index contributed by atoms with van der Waals surface area (Å²) in [6.07, 6.45) is 4.08. The molecular weight excluding hydrogens is 298 g/mol. The van der Waals surface area contributed by atoms with Gasteiger partial charge in [-0.1, -0.05) is 54.6 Å². The zero-order chi connectivity index (χ0) is 16.9. The Bertz CT molecular complexity index is 913. The van der Waals surface area contributed by atoms with E-state index in [4.69, 9.17) is 4.74 Å². The Balaban J connectivity index is 1.88. The van der Waals surface area contributed by atoms with Crippen molar-refractivity contribution in [1.29, 1.82) is 0 Å². The highest BCUT2D eigenvalue weighted by Gasteiger charge is 2.04. The summed E-state index contributed by atoms with van der Waals surface area (Å²) in [5.74, 6) is 0.525. The second kappa shape index (κ2) is 7.01. The number of hydrogen-bond acceptors (Lipinski definition) is 2. The lowest BCUT2D eigenvalue weighted by atomic mass is 10.1. The van der Waals surface area contributed by atoms with E-state index in [1.165, 1.54) is 17.7 Å². The molecule has 120 valence electrons. The molecule has 1 N–H and O–H groups in total. The van der Waals surface area contributed by atoms with Crippen LogP contribution in [0.15, 0.2) is 60.7 Å². The highest BCUT2D eigenvalue weighted by atomic mass is 16.5. The Hall–Kier alpha value is -3.07. The van der Waals surface area contributed by atoms with Crippen LogP contribution in [-0.4, -0.2) is 13.0 Å². The van der Waals surface area contributed by atoms with E-state index in [-0.39, 0.29) is 5.91 Å². The van der Waals surface area contributed by atoms with Crippen LogP contribution in [-0.2, 0) is 4.79 Å². The van der Waals surface area contributed by atoms with Crippen molar-refractivity contribution in [1.82, 2.24) is 0 Å². The van der Waals surface area contributed by atoms with Gasteiger partial charge in [0.2, 0.25) is 5.91 Å². The largest absolute Gasteiger partial charge is 0.495 e. The number of fused-ring (bicyclic) bond motifs is 1. The summed E-state index contributed by atoms with van der Waals surface area (Å²) in [6.45, 7) is 1.48. The van der Waals surface area contributed by atoms with E-state index in [2.05, 4.69) is 41.7 Å². The van der Waals surface area contributed by atoms with Gasteiger partial charge in [-0.15, -0.1) is 0 Å². The van der Waals surface area contributed by atoms with Crippen molar-refractivity contribution in [3.8, 4) is 5.75 Å². The fourth-order valence-corrected chi connectivity index (χ4v) is 2.62. The van der Waals surface area contributed by atoms with E-state index < -0.39 is 0 Å². The molecule has 0 aliphatic heterocycles. The van der Waals surface area contributed by atoms with Crippen LogP contribution in [0.3, 0.4) is 0 Å². The third kappa shape index (κ3) is 3.63. The van der Waals surface area contributed by atoms with Crippen molar-refractivity contribution in [3.63, 3.8) is 0 Å². The van der Waals surface area contributed by atoms with Crippen LogP contribution in [0.2, 0.25) is 0 Å². The molecule has 0 saturated carbocycles. The van der Waals surface area contributed by atoms with Gasteiger partial charge in [0.1, 0.15) is 5.75 Å². The highest BCUT2D eigenvalue weighted by Crippen LogP contribution is 2.26. The van der Waals surface area contributed by atoms with Gasteiger partial charge in [-0.3, -0.25) is 4.79 Å². The molecule has 3 aromatic rings. The molecule has 3 heteroatoms. The molecule has 0 bridgehead atoms. The lowest BCUT2D eigenvalue weighted by molar-refractivity contribution is -0.114. The Morgan fingerprint density at radius 2 is 1.58 bits per heavy atom. The fraction of sp³-hybridized carbons (Fsp3) is 0.0952. The summed E-state index contributed by atoms with van der Waals surface area (Å²) in [4.78, 5) is 11.3. The van der Waals surface area contributed by atoms with Crippen LogP contribution >= 0.6 is 0 Å². The highest BCUT2D eigenvalue weighted by molar-refractivity contribution is 5.91. The summed E-state index contributed by atoms with van der Waals surface area (Å²) in [6, 6.07) is 20.4. The smallest absolute Gasteiger partial charge is 0.221 e. The Morgan fingerprint density at radius 1 is 0.917 bits per heavy atom.